The van der Waals surface area contributed by atoms with Crippen LogP contribution in [0.25, 0.3) is 0 Å². The van der Waals surface area contributed by atoms with Gasteiger partial charge >= 0.3 is 0 Å². The van der Waals surface area contributed by atoms with Gasteiger partial charge in [0.25, 0.3) is 0 Å². The summed E-state index contributed by atoms with van der Waals surface area (Å²) < 4.78 is 26.6. The molecule has 1 aliphatic carbocycles. The molecule has 19 heavy (non-hydrogen) atoms. The number of rotatable bonds is 6. The number of aromatic nitrogens is 1. The van der Waals surface area contributed by atoms with Crippen LogP contribution in [0.2, 0.25) is 5.15 Å². The van der Waals surface area contributed by atoms with Crippen molar-refractivity contribution in [3.8, 4) is 0 Å². The molecule has 1 aliphatic rings. The van der Waals surface area contributed by atoms with E-state index in [-0.39, 0.29) is 22.7 Å². The maximum absolute atomic E-state index is 12.6. The molecule has 0 aromatic carbocycles. The van der Waals surface area contributed by atoms with Crippen molar-refractivity contribution in [1.29, 1.82) is 0 Å². The second-order valence-corrected chi connectivity index (χ2v) is 6.87. The van der Waals surface area contributed by atoms with Gasteiger partial charge in [0.1, 0.15) is 5.15 Å². The number of pyridine rings is 1. The smallest absolute Gasteiger partial charge is 0.243 e. The van der Waals surface area contributed by atoms with Crippen LogP contribution in [0.15, 0.2) is 23.2 Å². The predicted molar refractivity (Wildman–Crippen MR) is 72.5 cm³/mol. The Balaban J connectivity index is 2.27. The lowest BCUT2D eigenvalue weighted by molar-refractivity contribution is 0.198. The Bertz CT molecular complexity index is 532. The first kappa shape index (κ1) is 14.7. The van der Waals surface area contributed by atoms with Crippen LogP contribution >= 0.6 is 11.6 Å². The highest BCUT2D eigenvalue weighted by molar-refractivity contribution is 7.89. The second kappa shape index (κ2) is 6.17. The molecule has 5 nitrogen and oxygen atoms in total. The van der Waals surface area contributed by atoms with Gasteiger partial charge in [0.05, 0.1) is 4.90 Å². The van der Waals surface area contributed by atoms with Crippen molar-refractivity contribution in [2.75, 3.05) is 13.2 Å². The molecule has 1 aromatic rings. The summed E-state index contributed by atoms with van der Waals surface area (Å²) >= 11 is 5.75. The van der Waals surface area contributed by atoms with E-state index in [1.807, 2.05) is 0 Å². The minimum absolute atomic E-state index is 0.0180. The van der Waals surface area contributed by atoms with Crippen molar-refractivity contribution in [2.45, 2.75) is 36.6 Å². The lowest BCUT2D eigenvalue weighted by Crippen LogP contribution is -2.44. The molecule has 0 spiro atoms. The van der Waals surface area contributed by atoms with E-state index in [1.165, 1.54) is 22.6 Å². The predicted octanol–water partition coefficient (Wildman–Crippen LogP) is 1.66. The van der Waals surface area contributed by atoms with Gasteiger partial charge in [-0.05, 0) is 31.4 Å². The zero-order valence-corrected chi connectivity index (χ0v) is 12.1. The maximum Gasteiger partial charge on any atom is 0.243 e. The Morgan fingerprint density at radius 3 is 2.74 bits per heavy atom. The van der Waals surface area contributed by atoms with Gasteiger partial charge < -0.3 is 5.11 Å². The molecule has 0 bridgehead atoms. The van der Waals surface area contributed by atoms with E-state index in [0.29, 0.717) is 13.0 Å². The largest absolute Gasteiger partial charge is 0.396 e. The van der Waals surface area contributed by atoms with Crippen LogP contribution in [-0.4, -0.2) is 42.0 Å². The molecule has 1 fully saturated rings. The van der Waals surface area contributed by atoms with Crippen LogP contribution in [0, 0.1) is 0 Å². The molecule has 7 heteroatoms. The first-order valence-corrected chi connectivity index (χ1v) is 8.12. The summed E-state index contributed by atoms with van der Waals surface area (Å²) in [6.45, 7) is 0.319. The van der Waals surface area contributed by atoms with Crippen molar-refractivity contribution in [2.24, 2.45) is 0 Å². The molecule has 0 aliphatic heterocycles. The van der Waals surface area contributed by atoms with Gasteiger partial charge in [-0.1, -0.05) is 18.0 Å². The summed E-state index contributed by atoms with van der Waals surface area (Å²) in [5.74, 6) is 0. The fourth-order valence-corrected chi connectivity index (χ4v) is 4.06. The third-order valence-corrected chi connectivity index (χ3v) is 5.48. The standard InChI is InChI=1S/C12H17ClN2O3S/c13-12-9-11(5-6-14-12)19(17,18)15(7-2-8-16)10-3-1-4-10/h5-6,9-10,16H,1-4,7-8H2. The lowest BCUT2D eigenvalue weighted by Gasteiger charge is -2.36. The van der Waals surface area contributed by atoms with Gasteiger partial charge in [-0.3, -0.25) is 0 Å². The number of nitrogens with zero attached hydrogens (tertiary/aromatic N) is 2. The monoisotopic (exact) mass is 304 g/mol. The summed E-state index contributed by atoms with van der Waals surface area (Å²) in [4.78, 5) is 3.96. The number of hydrogen-bond donors (Lipinski definition) is 1. The first-order valence-electron chi connectivity index (χ1n) is 6.30. The number of hydrogen-bond acceptors (Lipinski definition) is 4. The number of aliphatic hydroxyl groups is 1. The average molecular weight is 305 g/mol. The van der Waals surface area contributed by atoms with Gasteiger partial charge in [-0.25, -0.2) is 13.4 Å². The molecule has 2 rings (SSSR count). The van der Waals surface area contributed by atoms with Crippen molar-refractivity contribution in [1.82, 2.24) is 9.29 Å². The normalized spacial score (nSPS) is 16.6. The van der Waals surface area contributed by atoms with Crippen LogP contribution in [-0.2, 0) is 10.0 Å². The van der Waals surface area contributed by atoms with E-state index in [1.54, 1.807) is 0 Å². The molecule has 1 aromatic heterocycles. The molecular weight excluding hydrogens is 288 g/mol. The Kier molecular flexibility index (Phi) is 4.78. The van der Waals surface area contributed by atoms with Crippen LogP contribution in [0.5, 0.6) is 0 Å². The Labute approximate surface area is 118 Å². The zero-order chi connectivity index (χ0) is 13.9. The first-order chi connectivity index (χ1) is 9.05. The van der Waals surface area contributed by atoms with Crippen LogP contribution in [0.1, 0.15) is 25.7 Å². The lowest BCUT2D eigenvalue weighted by atomic mass is 9.93. The molecular formula is C12H17ClN2O3S. The van der Waals surface area contributed by atoms with Gasteiger partial charge in [-0.15, -0.1) is 0 Å². The number of aliphatic hydroxyl groups excluding tert-OH is 1. The summed E-state index contributed by atoms with van der Waals surface area (Å²) in [6.07, 6.45) is 4.63. The van der Waals surface area contributed by atoms with Crippen molar-refractivity contribution >= 4 is 21.6 Å². The van der Waals surface area contributed by atoms with Gasteiger partial charge in [0.15, 0.2) is 0 Å². The molecule has 1 heterocycles. The van der Waals surface area contributed by atoms with Crippen molar-refractivity contribution in [3.05, 3.63) is 23.5 Å². The molecule has 0 amide bonds. The van der Waals surface area contributed by atoms with Gasteiger partial charge in [-0.2, -0.15) is 4.31 Å². The van der Waals surface area contributed by atoms with Crippen molar-refractivity contribution < 1.29 is 13.5 Å². The minimum Gasteiger partial charge on any atom is -0.396 e. The maximum atomic E-state index is 12.6. The Morgan fingerprint density at radius 2 is 2.21 bits per heavy atom. The van der Waals surface area contributed by atoms with Crippen LogP contribution < -0.4 is 0 Å². The fraction of sp³-hybridized carbons (Fsp3) is 0.583. The molecule has 106 valence electrons. The highest BCUT2D eigenvalue weighted by atomic mass is 35.5. The quantitative estimate of drug-likeness (QED) is 0.812. The summed E-state index contributed by atoms with van der Waals surface area (Å²) in [7, 11) is -3.56. The Hall–Kier alpha value is -0.690. The molecule has 0 atom stereocenters. The molecule has 0 radical (unpaired) electrons. The third kappa shape index (κ3) is 3.25. The molecule has 0 unspecified atom stereocenters. The minimum atomic E-state index is -3.56. The highest BCUT2D eigenvalue weighted by Gasteiger charge is 2.34. The zero-order valence-electron chi connectivity index (χ0n) is 10.5. The van der Waals surface area contributed by atoms with Crippen LogP contribution in [0.4, 0.5) is 0 Å². The van der Waals surface area contributed by atoms with Gasteiger partial charge in [0.2, 0.25) is 10.0 Å². The van der Waals surface area contributed by atoms with E-state index < -0.39 is 10.0 Å². The van der Waals surface area contributed by atoms with Gasteiger partial charge in [0, 0.05) is 25.4 Å². The number of sulfonamides is 1. The van der Waals surface area contributed by atoms with E-state index in [9.17, 15) is 8.42 Å². The summed E-state index contributed by atoms with van der Waals surface area (Å²) in [5.41, 5.74) is 0. The third-order valence-electron chi connectivity index (χ3n) is 3.32. The Morgan fingerprint density at radius 1 is 1.47 bits per heavy atom. The molecule has 1 saturated carbocycles. The summed E-state index contributed by atoms with van der Waals surface area (Å²) in [5, 5.41) is 9.08. The van der Waals surface area contributed by atoms with E-state index >= 15 is 0 Å². The molecule has 1 N–H and O–H groups in total. The SMILES string of the molecule is O=S(=O)(c1ccnc(Cl)c1)N(CCCO)C1CCC1. The summed E-state index contributed by atoms with van der Waals surface area (Å²) in [6, 6.07) is 2.86. The number of halogens is 1. The van der Waals surface area contributed by atoms with E-state index in [0.717, 1.165) is 19.3 Å². The second-order valence-electron chi connectivity index (χ2n) is 4.59. The van der Waals surface area contributed by atoms with Crippen LogP contribution in [0.3, 0.4) is 0 Å². The average Bonchev–Trinajstić information content (AvgIpc) is 2.31. The molecule has 0 saturated heterocycles. The van der Waals surface area contributed by atoms with Crippen molar-refractivity contribution in [3.63, 3.8) is 0 Å². The highest BCUT2D eigenvalue weighted by Crippen LogP contribution is 2.30. The van der Waals surface area contributed by atoms with E-state index in [4.69, 9.17) is 16.7 Å². The topological polar surface area (TPSA) is 70.5 Å². The van der Waals surface area contributed by atoms with E-state index in [2.05, 4.69) is 4.98 Å². The fourth-order valence-electron chi connectivity index (χ4n) is 2.08.